The monoisotopic (exact) mass is 370 g/mol. The molecule has 1 fully saturated rings. The molecule has 0 aliphatic carbocycles. The first kappa shape index (κ1) is 20.3. The molecular formula is C19H31ClN2O3. The normalized spacial score (nSPS) is 22.0. The molecule has 1 N–H and O–H groups in total. The van der Waals surface area contributed by atoms with E-state index in [0.717, 1.165) is 31.7 Å². The van der Waals surface area contributed by atoms with Crippen LogP contribution in [0.2, 0.25) is 5.02 Å². The summed E-state index contributed by atoms with van der Waals surface area (Å²) in [6.45, 7) is 12.3. The van der Waals surface area contributed by atoms with Gasteiger partial charge in [-0.25, -0.2) is 0 Å². The van der Waals surface area contributed by atoms with Gasteiger partial charge in [0, 0.05) is 31.7 Å². The van der Waals surface area contributed by atoms with E-state index in [9.17, 15) is 0 Å². The third-order valence-corrected chi connectivity index (χ3v) is 4.94. The van der Waals surface area contributed by atoms with E-state index in [1.165, 1.54) is 0 Å². The van der Waals surface area contributed by atoms with Gasteiger partial charge >= 0.3 is 0 Å². The highest BCUT2D eigenvalue weighted by atomic mass is 35.5. The number of rotatable bonds is 7. The van der Waals surface area contributed by atoms with Crippen LogP contribution in [0.3, 0.4) is 0 Å². The summed E-state index contributed by atoms with van der Waals surface area (Å²) in [7, 11) is 3.21. The van der Waals surface area contributed by atoms with Gasteiger partial charge in [-0.05, 0) is 45.4 Å². The highest BCUT2D eigenvalue weighted by Crippen LogP contribution is 2.36. The van der Waals surface area contributed by atoms with E-state index >= 15 is 0 Å². The number of hydrogen-bond donors (Lipinski definition) is 1. The summed E-state index contributed by atoms with van der Waals surface area (Å²) in [5, 5.41) is 4.11. The first-order valence-electron chi connectivity index (χ1n) is 8.78. The molecule has 6 heteroatoms. The van der Waals surface area contributed by atoms with Crippen molar-refractivity contribution in [1.29, 1.82) is 0 Å². The van der Waals surface area contributed by atoms with Crippen LogP contribution in [0.4, 0.5) is 0 Å². The standard InChI is InChI=1S/C19H31ClN2O3/c1-13-10-22(11-14(2)25-13)19(3,4)12-21-9-15-7-16(20)18(24-6)17(8-15)23-5/h7-8,13-14,21H,9-12H2,1-6H3/t13-,14+. The Morgan fingerprint density at radius 1 is 1.20 bits per heavy atom. The summed E-state index contributed by atoms with van der Waals surface area (Å²) in [5.74, 6) is 1.23. The average molecular weight is 371 g/mol. The molecule has 1 aliphatic heterocycles. The van der Waals surface area contributed by atoms with Gasteiger partial charge in [0.1, 0.15) is 0 Å². The van der Waals surface area contributed by atoms with E-state index in [0.29, 0.717) is 16.5 Å². The lowest BCUT2D eigenvalue weighted by atomic mass is 10.00. The van der Waals surface area contributed by atoms with Crippen molar-refractivity contribution in [2.75, 3.05) is 33.9 Å². The predicted molar refractivity (Wildman–Crippen MR) is 102 cm³/mol. The van der Waals surface area contributed by atoms with Gasteiger partial charge in [-0.2, -0.15) is 0 Å². The quantitative estimate of drug-likeness (QED) is 0.797. The fourth-order valence-electron chi connectivity index (χ4n) is 3.37. The van der Waals surface area contributed by atoms with Gasteiger partial charge in [-0.1, -0.05) is 11.6 Å². The maximum Gasteiger partial charge on any atom is 0.179 e. The maximum atomic E-state index is 6.28. The Labute approximate surface area is 156 Å². The molecule has 0 amide bonds. The van der Waals surface area contributed by atoms with Crippen molar-refractivity contribution in [3.05, 3.63) is 22.7 Å². The van der Waals surface area contributed by atoms with Gasteiger partial charge in [0.25, 0.3) is 0 Å². The predicted octanol–water partition coefficient (Wildman–Crippen LogP) is 3.33. The number of nitrogens with one attached hydrogen (secondary N) is 1. The first-order chi connectivity index (χ1) is 11.8. The number of hydrogen-bond acceptors (Lipinski definition) is 5. The zero-order valence-electron chi connectivity index (χ0n) is 16.2. The summed E-state index contributed by atoms with van der Waals surface area (Å²) in [5.41, 5.74) is 1.12. The zero-order valence-corrected chi connectivity index (χ0v) is 16.9. The van der Waals surface area contributed by atoms with Crippen molar-refractivity contribution in [2.45, 2.75) is 52.0 Å². The van der Waals surface area contributed by atoms with Gasteiger partial charge < -0.3 is 19.5 Å². The van der Waals surface area contributed by atoms with Crippen molar-refractivity contribution in [1.82, 2.24) is 10.2 Å². The fourth-order valence-corrected chi connectivity index (χ4v) is 3.68. The van der Waals surface area contributed by atoms with Gasteiger partial charge in [-0.3, -0.25) is 4.90 Å². The Kier molecular flexibility index (Phi) is 6.97. The smallest absolute Gasteiger partial charge is 0.179 e. The van der Waals surface area contributed by atoms with Gasteiger partial charge in [0.2, 0.25) is 0 Å². The molecule has 0 bridgehead atoms. The van der Waals surface area contributed by atoms with E-state index < -0.39 is 0 Å². The van der Waals surface area contributed by atoms with Crippen LogP contribution in [-0.2, 0) is 11.3 Å². The van der Waals surface area contributed by atoms with Crippen LogP contribution in [0.1, 0.15) is 33.3 Å². The highest BCUT2D eigenvalue weighted by molar-refractivity contribution is 6.32. The van der Waals surface area contributed by atoms with E-state index in [1.54, 1.807) is 14.2 Å². The number of nitrogens with zero attached hydrogens (tertiary/aromatic N) is 1. The topological polar surface area (TPSA) is 43.0 Å². The Morgan fingerprint density at radius 3 is 2.40 bits per heavy atom. The van der Waals surface area contributed by atoms with Crippen LogP contribution in [0.25, 0.3) is 0 Å². The SMILES string of the molecule is COc1cc(CNCC(C)(C)N2C[C@@H](C)O[C@@H](C)C2)cc(Cl)c1OC. The Morgan fingerprint density at radius 2 is 1.84 bits per heavy atom. The van der Waals surface area contributed by atoms with Gasteiger partial charge in [-0.15, -0.1) is 0 Å². The fraction of sp³-hybridized carbons (Fsp3) is 0.684. The van der Waals surface area contributed by atoms with Gasteiger partial charge in [0.15, 0.2) is 11.5 Å². The molecule has 0 saturated carbocycles. The molecule has 2 atom stereocenters. The molecule has 1 aliphatic rings. The van der Waals surface area contributed by atoms with E-state index in [2.05, 4.69) is 37.9 Å². The molecule has 2 rings (SSSR count). The number of morpholine rings is 1. The van der Waals surface area contributed by atoms with Crippen LogP contribution in [0.5, 0.6) is 11.5 Å². The summed E-state index contributed by atoms with van der Waals surface area (Å²) in [6, 6.07) is 3.88. The van der Waals surface area contributed by atoms with Crippen LogP contribution < -0.4 is 14.8 Å². The van der Waals surface area contributed by atoms with Crippen molar-refractivity contribution in [3.8, 4) is 11.5 Å². The minimum atomic E-state index is 0.0483. The van der Waals surface area contributed by atoms with Crippen molar-refractivity contribution in [2.24, 2.45) is 0 Å². The lowest BCUT2D eigenvalue weighted by molar-refractivity contribution is -0.0952. The summed E-state index contributed by atoms with van der Waals surface area (Å²) >= 11 is 6.28. The zero-order chi connectivity index (χ0) is 18.6. The molecule has 142 valence electrons. The second kappa shape index (κ2) is 8.58. The molecule has 1 aromatic rings. The van der Waals surface area contributed by atoms with E-state index in [1.807, 2.05) is 12.1 Å². The first-order valence-corrected chi connectivity index (χ1v) is 9.16. The third kappa shape index (κ3) is 5.23. The molecule has 0 aromatic heterocycles. The van der Waals surface area contributed by atoms with Gasteiger partial charge in [0.05, 0.1) is 31.5 Å². The van der Waals surface area contributed by atoms with Crippen LogP contribution in [0.15, 0.2) is 12.1 Å². The van der Waals surface area contributed by atoms with Crippen LogP contribution in [0, 0.1) is 0 Å². The Hall–Kier alpha value is -1.01. The Balaban J connectivity index is 1.96. The molecule has 0 spiro atoms. The molecule has 1 aromatic carbocycles. The second-order valence-corrected chi connectivity index (χ2v) is 7.80. The molecule has 5 nitrogen and oxygen atoms in total. The minimum absolute atomic E-state index is 0.0483. The highest BCUT2D eigenvalue weighted by Gasteiger charge is 2.32. The Bertz CT molecular complexity index is 570. The molecule has 1 heterocycles. The molecule has 0 unspecified atom stereocenters. The lowest BCUT2D eigenvalue weighted by Gasteiger charge is -2.45. The maximum absolute atomic E-state index is 6.28. The number of halogens is 1. The average Bonchev–Trinajstić information content (AvgIpc) is 2.53. The summed E-state index contributed by atoms with van der Waals surface area (Å²) < 4.78 is 16.5. The van der Waals surface area contributed by atoms with Crippen molar-refractivity contribution in [3.63, 3.8) is 0 Å². The van der Waals surface area contributed by atoms with Crippen molar-refractivity contribution < 1.29 is 14.2 Å². The molecule has 1 saturated heterocycles. The number of benzene rings is 1. The lowest BCUT2D eigenvalue weighted by Crippen LogP contribution is -2.58. The van der Waals surface area contributed by atoms with E-state index in [4.69, 9.17) is 25.8 Å². The number of ether oxygens (including phenoxy) is 3. The third-order valence-electron chi connectivity index (χ3n) is 4.66. The van der Waals surface area contributed by atoms with Crippen molar-refractivity contribution >= 4 is 11.6 Å². The minimum Gasteiger partial charge on any atom is -0.493 e. The molecule has 0 radical (unpaired) electrons. The molecular weight excluding hydrogens is 340 g/mol. The van der Waals surface area contributed by atoms with Crippen LogP contribution in [-0.4, -0.2) is 56.5 Å². The largest absolute Gasteiger partial charge is 0.493 e. The summed E-state index contributed by atoms with van der Waals surface area (Å²) in [6.07, 6.45) is 0.542. The number of methoxy groups -OCH3 is 2. The molecule has 25 heavy (non-hydrogen) atoms. The second-order valence-electron chi connectivity index (χ2n) is 7.39. The van der Waals surface area contributed by atoms with Crippen LogP contribution >= 0.6 is 11.6 Å². The summed E-state index contributed by atoms with van der Waals surface area (Å²) in [4.78, 5) is 2.50. The van der Waals surface area contributed by atoms with E-state index in [-0.39, 0.29) is 17.7 Å².